The molecule has 0 saturated carbocycles. The van der Waals surface area contributed by atoms with Crippen LogP contribution in [0.1, 0.15) is 24.5 Å². The molecular weight excluding hydrogens is 426 g/mol. The summed E-state index contributed by atoms with van der Waals surface area (Å²) in [5, 5.41) is 5.83. The predicted octanol–water partition coefficient (Wildman–Crippen LogP) is 3.33. The van der Waals surface area contributed by atoms with Crippen molar-refractivity contribution in [3.63, 3.8) is 0 Å². The second kappa shape index (κ2) is 9.04. The van der Waals surface area contributed by atoms with Crippen LogP contribution in [0.3, 0.4) is 0 Å². The topological polar surface area (TPSA) is 94.1 Å². The molecule has 1 atom stereocenters. The first-order chi connectivity index (χ1) is 15.3. The minimum absolute atomic E-state index is 0.0950. The number of carbonyl (C=O) groups excluding carboxylic acids is 3. The Bertz CT molecular complexity index is 1100. The summed E-state index contributed by atoms with van der Waals surface area (Å²) >= 11 is 1.35. The van der Waals surface area contributed by atoms with Gasteiger partial charge in [0.25, 0.3) is 0 Å². The van der Waals surface area contributed by atoms with Gasteiger partial charge in [0.1, 0.15) is 18.6 Å². The average molecular weight is 452 g/mol. The zero-order valence-corrected chi connectivity index (χ0v) is 19.0. The van der Waals surface area contributed by atoms with E-state index >= 15 is 0 Å². The Labute approximate surface area is 191 Å². The number of nitrogens with one attached hydrogen (secondary N) is 2. The zero-order valence-electron chi connectivity index (χ0n) is 18.2. The minimum atomic E-state index is -0.485. The smallest absolute Gasteiger partial charge is 0.244 e. The molecular formula is C23H25N5O3S. The van der Waals surface area contributed by atoms with Gasteiger partial charge in [-0.3, -0.25) is 19.3 Å². The monoisotopic (exact) mass is 451 g/mol. The molecule has 2 N–H and O–H groups in total. The van der Waals surface area contributed by atoms with Crippen LogP contribution in [-0.4, -0.2) is 46.4 Å². The van der Waals surface area contributed by atoms with Crippen LogP contribution in [0, 0.1) is 13.8 Å². The van der Waals surface area contributed by atoms with Gasteiger partial charge in [0.15, 0.2) is 5.17 Å². The molecule has 9 heteroatoms. The lowest BCUT2D eigenvalue weighted by molar-refractivity contribution is -0.128. The lowest BCUT2D eigenvalue weighted by Gasteiger charge is -2.32. The molecule has 2 aromatic rings. The lowest BCUT2D eigenvalue weighted by Crippen LogP contribution is -2.46. The average Bonchev–Trinajstić information content (AvgIpc) is 3.05. The lowest BCUT2D eigenvalue weighted by atomic mass is 10.1. The fourth-order valence-corrected chi connectivity index (χ4v) is 4.82. The summed E-state index contributed by atoms with van der Waals surface area (Å²) in [6.45, 7) is 6.21. The largest absolute Gasteiger partial charge is 0.334 e. The molecule has 1 unspecified atom stereocenters. The number of amides is 3. The first-order valence-corrected chi connectivity index (χ1v) is 11.2. The molecule has 0 aliphatic carbocycles. The molecule has 4 rings (SSSR count). The van der Waals surface area contributed by atoms with Gasteiger partial charge in [-0.1, -0.05) is 29.5 Å². The van der Waals surface area contributed by atoms with Crippen LogP contribution in [0.15, 0.2) is 47.5 Å². The number of rotatable bonds is 5. The van der Waals surface area contributed by atoms with E-state index < -0.39 is 5.25 Å². The van der Waals surface area contributed by atoms with Crippen molar-refractivity contribution in [2.45, 2.75) is 32.4 Å². The Balaban J connectivity index is 1.37. The van der Waals surface area contributed by atoms with Gasteiger partial charge in [-0.25, -0.2) is 4.99 Å². The van der Waals surface area contributed by atoms with Crippen molar-refractivity contribution in [3.05, 3.63) is 53.6 Å². The number of hydrogen-bond donors (Lipinski definition) is 2. The van der Waals surface area contributed by atoms with E-state index in [1.54, 1.807) is 4.90 Å². The molecule has 3 amide bonds. The van der Waals surface area contributed by atoms with Crippen LogP contribution in [0.25, 0.3) is 0 Å². The van der Waals surface area contributed by atoms with Crippen molar-refractivity contribution in [1.29, 1.82) is 0 Å². The molecule has 2 aliphatic heterocycles. The third-order valence-electron chi connectivity index (χ3n) is 5.29. The van der Waals surface area contributed by atoms with Crippen molar-refractivity contribution in [1.82, 2.24) is 4.90 Å². The maximum atomic E-state index is 13.0. The van der Waals surface area contributed by atoms with Crippen LogP contribution >= 0.6 is 11.8 Å². The van der Waals surface area contributed by atoms with E-state index in [1.807, 2.05) is 61.2 Å². The summed E-state index contributed by atoms with van der Waals surface area (Å²) in [6, 6.07) is 13.2. The Kier molecular flexibility index (Phi) is 6.18. The van der Waals surface area contributed by atoms with Crippen LogP contribution in [0.2, 0.25) is 0 Å². The molecule has 166 valence electrons. The van der Waals surface area contributed by atoms with E-state index in [0.717, 1.165) is 22.5 Å². The molecule has 0 bridgehead atoms. The second-order valence-corrected chi connectivity index (χ2v) is 9.10. The highest BCUT2D eigenvalue weighted by Crippen LogP contribution is 2.33. The van der Waals surface area contributed by atoms with Crippen molar-refractivity contribution < 1.29 is 14.4 Å². The van der Waals surface area contributed by atoms with E-state index in [4.69, 9.17) is 0 Å². The fourth-order valence-electron chi connectivity index (χ4n) is 3.70. The Hall–Kier alpha value is -3.33. The van der Waals surface area contributed by atoms with E-state index in [-0.39, 0.29) is 24.1 Å². The standard InChI is InChI=1S/C23H25N5O3S/c1-14-4-9-19(15(2)10-14)26-21(30)11-20-22(31)28-13-27(12-24-23(28)32-20)18-7-5-17(6-8-18)25-16(3)29/h4-10,20H,11-13H2,1-3H3,(H,25,29)(H,26,30). The quantitative estimate of drug-likeness (QED) is 0.727. The number of amidine groups is 1. The molecule has 2 aromatic carbocycles. The first kappa shape index (κ1) is 21.9. The summed E-state index contributed by atoms with van der Waals surface area (Å²) < 4.78 is 0. The highest BCUT2D eigenvalue weighted by atomic mass is 32.2. The van der Waals surface area contributed by atoms with Gasteiger partial charge >= 0.3 is 0 Å². The van der Waals surface area contributed by atoms with Crippen molar-refractivity contribution in [3.8, 4) is 0 Å². The fraction of sp³-hybridized carbons (Fsp3) is 0.304. The van der Waals surface area contributed by atoms with E-state index in [9.17, 15) is 14.4 Å². The van der Waals surface area contributed by atoms with Crippen molar-refractivity contribution in [2.24, 2.45) is 4.99 Å². The highest BCUT2D eigenvalue weighted by Gasteiger charge is 2.41. The van der Waals surface area contributed by atoms with Gasteiger partial charge in [0, 0.05) is 30.4 Å². The van der Waals surface area contributed by atoms with Gasteiger partial charge < -0.3 is 15.5 Å². The summed E-state index contributed by atoms with van der Waals surface area (Å²) in [6.07, 6.45) is 0.0950. The Morgan fingerprint density at radius 1 is 1.12 bits per heavy atom. The Morgan fingerprint density at radius 3 is 2.56 bits per heavy atom. The molecule has 8 nitrogen and oxygen atoms in total. The van der Waals surface area contributed by atoms with Crippen LogP contribution in [0.4, 0.5) is 17.1 Å². The number of nitrogens with zero attached hydrogens (tertiary/aromatic N) is 3. The van der Waals surface area contributed by atoms with Gasteiger partial charge in [-0.15, -0.1) is 0 Å². The maximum Gasteiger partial charge on any atom is 0.244 e. The molecule has 32 heavy (non-hydrogen) atoms. The molecule has 1 fully saturated rings. The minimum Gasteiger partial charge on any atom is -0.334 e. The summed E-state index contributed by atoms with van der Waals surface area (Å²) in [4.78, 5) is 44.9. The van der Waals surface area contributed by atoms with Crippen LogP contribution < -0.4 is 15.5 Å². The molecule has 1 saturated heterocycles. The van der Waals surface area contributed by atoms with E-state index in [0.29, 0.717) is 24.2 Å². The van der Waals surface area contributed by atoms with E-state index in [2.05, 4.69) is 15.6 Å². The normalized spacial score (nSPS) is 17.7. The third-order valence-corrected chi connectivity index (χ3v) is 6.50. The molecule has 0 radical (unpaired) electrons. The Morgan fingerprint density at radius 2 is 1.88 bits per heavy atom. The van der Waals surface area contributed by atoms with Crippen LogP contribution in [-0.2, 0) is 14.4 Å². The van der Waals surface area contributed by atoms with E-state index in [1.165, 1.54) is 18.7 Å². The molecule has 0 spiro atoms. The number of aryl methyl sites for hydroxylation is 2. The van der Waals surface area contributed by atoms with Crippen molar-refractivity contribution >= 4 is 51.7 Å². The summed E-state index contributed by atoms with van der Waals surface area (Å²) in [5.41, 5.74) is 4.50. The number of thioether (sulfide) groups is 1. The number of hydrogen-bond acceptors (Lipinski definition) is 6. The third kappa shape index (κ3) is 4.77. The SMILES string of the molecule is CC(=O)Nc1ccc(N2CN=C3SC(CC(=O)Nc4ccc(C)cc4C)C(=O)N3C2)cc1. The van der Waals surface area contributed by atoms with Gasteiger partial charge in [0.05, 0.1) is 0 Å². The summed E-state index contributed by atoms with van der Waals surface area (Å²) in [5.74, 6) is -0.421. The molecule has 2 aliphatic rings. The van der Waals surface area contributed by atoms with Gasteiger partial charge in [-0.2, -0.15) is 0 Å². The molecule has 2 heterocycles. The number of benzene rings is 2. The second-order valence-electron chi connectivity index (χ2n) is 7.93. The number of anilines is 3. The zero-order chi connectivity index (χ0) is 22.8. The number of aliphatic imine (C=N–C) groups is 1. The summed E-state index contributed by atoms with van der Waals surface area (Å²) in [7, 11) is 0. The number of carbonyl (C=O) groups is 3. The number of fused-ring (bicyclic) bond motifs is 1. The van der Waals surface area contributed by atoms with Gasteiger partial charge in [0.2, 0.25) is 17.7 Å². The van der Waals surface area contributed by atoms with Gasteiger partial charge in [-0.05, 0) is 49.7 Å². The highest BCUT2D eigenvalue weighted by molar-refractivity contribution is 8.15. The maximum absolute atomic E-state index is 13.0. The first-order valence-electron chi connectivity index (χ1n) is 10.3. The predicted molar refractivity (Wildman–Crippen MR) is 128 cm³/mol. The molecule has 0 aromatic heterocycles. The van der Waals surface area contributed by atoms with Crippen molar-refractivity contribution in [2.75, 3.05) is 28.9 Å². The van der Waals surface area contributed by atoms with Crippen LogP contribution in [0.5, 0.6) is 0 Å².